The van der Waals surface area contributed by atoms with Gasteiger partial charge in [0.05, 0.1) is 9.79 Å². The second kappa shape index (κ2) is 14.0. The molecule has 0 amide bonds. The first-order valence-electron chi connectivity index (χ1n) is 19.6. The van der Waals surface area contributed by atoms with Crippen molar-refractivity contribution in [2.45, 2.75) is 22.9 Å². The summed E-state index contributed by atoms with van der Waals surface area (Å²) in [6, 6.07) is 67.5. The van der Waals surface area contributed by atoms with Crippen LogP contribution in [0.5, 0.6) is 23.0 Å². The van der Waals surface area contributed by atoms with Gasteiger partial charge >= 0.3 is 0 Å². The Morgan fingerprint density at radius 3 is 1.79 bits per heavy atom. The predicted molar refractivity (Wildman–Crippen MR) is 247 cm³/mol. The fourth-order valence-electron chi connectivity index (χ4n) is 8.41. The number of nitrogens with zero attached hydrogens (tertiary/aromatic N) is 1. The summed E-state index contributed by atoms with van der Waals surface area (Å²) in [5, 5.41) is 3.91. The summed E-state index contributed by atoms with van der Waals surface area (Å²) < 4.78 is 14.5. The molecule has 278 valence electrons. The van der Waals surface area contributed by atoms with E-state index in [4.69, 9.17) is 9.47 Å². The molecule has 2 aliphatic heterocycles. The van der Waals surface area contributed by atoms with E-state index in [0.29, 0.717) is 0 Å². The largest absolute Gasteiger partial charge is 0.457 e. The molecule has 6 heteroatoms. The topological polar surface area (TPSA) is 21.7 Å². The molecule has 0 aliphatic carbocycles. The number of ether oxygens (including phenoxy) is 2. The highest BCUT2D eigenvalue weighted by Gasteiger charge is 2.37. The molecule has 0 saturated heterocycles. The Morgan fingerprint density at radius 1 is 0.448 bits per heavy atom. The monoisotopic (exact) mass is 799 g/mol. The van der Waals surface area contributed by atoms with Gasteiger partial charge in [-0.15, -0.1) is 11.3 Å². The molecule has 0 atom stereocenters. The molecule has 3 heterocycles. The Kier molecular flexibility index (Phi) is 8.40. The van der Waals surface area contributed by atoms with Crippen LogP contribution in [-0.4, -0.2) is 8.07 Å². The maximum Gasteiger partial charge on any atom is 0.149 e. The standard InChI is InChI=1S/C52H37NO2S2Si/c1-58(2)49-20-9-7-17-44(49)55-52-42(15-11-21-50(52)58)35-24-28-39(29-25-35)53(40-30-31-45-37(32-40)33-48(56-45)36-12-4-3-5-13-36)38-26-22-34(23-27-38)41-14-10-19-47-51(41)54-43-16-6-8-18-46(43)57-47/h3-33H,1-2H3. The third-order valence-electron chi connectivity index (χ3n) is 11.4. The number of fused-ring (bicyclic) bond motifs is 5. The van der Waals surface area contributed by atoms with Crippen molar-refractivity contribution in [2.75, 3.05) is 4.90 Å². The van der Waals surface area contributed by atoms with Gasteiger partial charge in [0.2, 0.25) is 0 Å². The zero-order valence-electron chi connectivity index (χ0n) is 32.0. The first kappa shape index (κ1) is 34.9. The van der Waals surface area contributed by atoms with Gasteiger partial charge in [0.15, 0.2) is 0 Å². The van der Waals surface area contributed by atoms with Crippen LogP contribution in [-0.2, 0) is 0 Å². The van der Waals surface area contributed by atoms with E-state index in [-0.39, 0.29) is 0 Å². The average molecular weight is 800 g/mol. The molecule has 9 aromatic rings. The quantitative estimate of drug-likeness (QED) is 0.156. The number of hydrogen-bond donors (Lipinski definition) is 0. The second-order valence-corrected chi connectivity index (χ2v) is 21.8. The van der Waals surface area contributed by atoms with Gasteiger partial charge in [-0.3, -0.25) is 0 Å². The minimum absolute atomic E-state index is 0.899. The van der Waals surface area contributed by atoms with Gasteiger partial charge in [-0.25, -0.2) is 0 Å². The average Bonchev–Trinajstić information content (AvgIpc) is 3.70. The summed E-state index contributed by atoms with van der Waals surface area (Å²) in [7, 11) is -1.95. The van der Waals surface area contributed by atoms with E-state index in [1.165, 1.54) is 30.9 Å². The lowest BCUT2D eigenvalue weighted by Crippen LogP contribution is -2.56. The molecule has 0 N–H and O–H groups in total. The molecule has 0 unspecified atom stereocenters. The summed E-state index contributed by atoms with van der Waals surface area (Å²) in [5.74, 6) is 3.78. The number of para-hydroxylation sites is 4. The SMILES string of the molecule is C[Si]1(C)c2ccccc2Oc2c(-c3ccc(N(c4ccc(-c5cccc6c5Oc5ccccc5S6)cc4)c4ccc5sc(-c6ccccc6)cc5c4)cc3)cccc21. The summed E-state index contributed by atoms with van der Waals surface area (Å²) in [5.41, 5.74) is 8.94. The van der Waals surface area contributed by atoms with E-state index in [0.717, 1.165) is 72.1 Å². The van der Waals surface area contributed by atoms with E-state index in [1.807, 2.05) is 23.5 Å². The maximum absolute atomic E-state index is 6.70. The lowest BCUT2D eigenvalue weighted by atomic mass is 10.0. The van der Waals surface area contributed by atoms with Crippen molar-refractivity contribution in [1.82, 2.24) is 0 Å². The Balaban J connectivity index is 0.988. The van der Waals surface area contributed by atoms with E-state index in [1.54, 1.807) is 11.8 Å². The lowest BCUT2D eigenvalue weighted by molar-refractivity contribution is 0.456. The molecule has 11 rings (SSSR count). The van der Waals surface area contributed by atoms with Crippen LogP contribution in [0.25, 0.3) is 42.8 Å². The van der Waals surface area contributed by atoms with Crippen LogP contribution in [0.15, 0.2) is 198 Å². The highest BCUT2D eigenvalue weighted by atomic mass is 32.2. The summed E-state index contributed by atoms with van der Waals surface area (Å²) in [6.07, 6.45) is 0. The van der Waals surface area contributed by atoms with Crippen LogP contribution < -0.4 is 24.7 Å². The molecular formula is C52H37NO2S2Si. The molecule has 3 nitrogen and oxygen atoms in total. The summed E-state index contributed by atoms with van der Waals surface area (Å²) >= 11 is 3.59. The van der Waals surface area contributed by atoms with Crippen molar-refractivity contribution in [2.24, 2.45) is 0 Å². The van der Waals surface area contributed by atoms with Gasteiger partial charge in [-0.2, -0.15) is 0 Å². The molecule has 0 spiro atoms. The number of benzene rings is 8. The zero-order valence-corrected chi connectivity index (χ0v) is 34.6. The van der Waals surface area contributed by atoms with E-state index in [9.17, 15) is 0 Å². The van der Waals surface area contributed by atoms with Crippen molar-refractivity contribution in [1.29, 1.82) is 0 Å². The zero-order chi connectivity index (χ0) is 38.8. The molecule has 0 saturated carbocycles. The van der Waals surface area contributed by atoms with Gasteiger partial charge in [-0.05, 0) is 105 Å². The molecule has 2 aliphatic rings. The van der Waals surface area contributed by atoms with Crippen molar-refractivity contribution in [3.8, 4) is 55.7 Å². The Hall–Kier alpha value is -6.31. The van der Waals surface area contributed by atoms with E-state index in [2.05, 4.69) is 194 Å². The van der Waals surface area contributed by atoms with Crippen molar-refractivity contribution in [3.05, 3.63) is 188 Å². The highest BCUT2D eigenvalue weighted by Crippen LogP contribution is 2.51. The van der Waals surface area contributed by atoms with Crippen molar-refractivity contribution < 1.29 is 9.47 Å². The highest BCUT2D eigenvalue weighted by molar-refractivity contribution is 7.99. The van der Waals surface area contributed by atoms with Crippen LogP contribution in [0, 0.1) is 0 Å². The minimum Gasteiger partial charge on any atom is -0.457 e. The van der Waals surface area contributed by atoms with Crippen LogP contribution in [0.2, 0.25) is 13.1 Å². The maximum atomic E-state index is 6.70. The Morgan fingerprint density at radius 2 is 1.03 bits per heavy atom. The fraction of sp³-hybridized carbons (Fsp3) is 0.0385. The van der Waals surface area contributed by atoms with E-state index >= 15 is 0 Å². The Labute approximate surface area is 347 Å². The molecule has 1 aromatic heterocycles. The van der Waals surface area contributed by atoms with Gasteiger partial charge in [0.1, 0.15) is 31.1 Å². The number of anilines is 3. The third-order valence-corrected chi connectivity index (χ3v) is 17.2. The van der Waals surface area contributed by atoms with Crippen molar-refractivity contribution in [3.63, 3.8) is 0 Å². The van der Waals surface area contributed by atoms with E-state index < -0.39 is 8.07 Å². The molecule has 0 fully saturated rings. The van der Waals surface area contributed by atoms with Gasteiger partial charge in [-0.1, -0.05) is 140 Å². The summed E-state index contributed by atoms with van der Waals surface area (Å²) in [4.78, 5) is 5.89. The smallest absolute Gasteiger partial charge is 0.149 e. The van der Waals surface area contributed by atoms with Crippen LogP contribution in [0.4, 0.5) is 17.1 Å². The van der Waals surface area contributed by atoms with Gasteiger partial charge < -0.3 is 14.4 Å². The minimum atomic E-state index is -1.95. The van der Waals surface area contributed by atoms with Crippen LogP contribution in [0.1, 0.15) is 0 Å². The number of hydrogen-bond acceptors (Lipinski definition) is 5. The first-order chi connectivity index (χ1) is 28.5. The fourth-order valence-corrected chi connectivity index (χ4v) is 13.3. The first-order valence-corrected chi connectivity index (χ1v) is 24.2. The normalized spacial score (nSPS) is 13.3. The second-order valence-electron chi connectivity index (χ2n) is 15.3. The van der Waals surface area contributed by atoms with Crippen LogP contribution in [0.3, 0.4) is 0 Å². The number of rotatable bonds is 6. The van der Waals surface area contributed by atoms with Crippen molar-refractivity contribution >= 4 is 68.7 Å². The molecule has 58 heavy (non-hydrogen) atoms. The molecule has 0 bridgehead atoms. The van der Waals surface area contributed by atoms with Crippen LogP contribution >= 0.6 is 23.1 Å². The lowest BCUT2D eigenvalue weighted by Gasteiger charge is -2.34. The molecule has 8 aromatic carbocycles. The third kappa shape index (κ3) is 5.95. The van der Waals surface area contributed by atoms with Gasteiger partial charge in [0.25, 0.3) is 0 Å². The summed E-state index contributed by atoms with van der Waals surface area (Å²) in [6.45, 7) is 4.85. The number of thiophene rings is 1. The molecule has 0 radical (unpaired) electrons. The Bertz CT molecular complexity index is 3010. The molecular weight excluding hydrogens is 763 g/mol. The predicted octanol–water partition coefficient (Wildman–Crippen LogP) is 14.6. The van der Waals surface area contributed by atoms with Gasteiger partial charge in [0, 0.05) is 37.8 Å².